The molecule has 0 aromatic heterocycles. The van der Waals surface area contributed by atoms with E-state index in [0.717, 1.165) is 25.0 Å². The zero-order valence-electron chi connectivity index (χ0n) is 23.0. The number of halogens is 4. The lowest BCUT2D eigenvalue weighted by Gasteiger charge is -2.43. The molecule has 2 saturated heterocycles. The lowest BCUT2D eigenvalue weighted by molar-refractivity contribution is -0.184. The Labute approximate surface area is 236 Å². The molecule has 224 valence electrons. The molecule has 0 spiro atoms. The van der Waals surface area contributed by atoms with Gasteiger partial charge in [-0.15, -0.1) is 0 Å². The standard InChI is InChI=1S/C30H35F4NO6/c1-28(2)40-25-15-29(27(36)35-16-22-10-6-12-37-22,39-18-20-8-3-4-11-23(20)31)14-24(26(25)41-28)38-17-19-7-5-9-21(13-19)30(32,33)34/h3-5,7-9,11,13,22,24-26H,6,10,12,14-18H2,1-2H3,(H,35,36)/t22-,24-,25-,26+,29-/m1/s1. The maximum atomic E-state index is 14.5. The quantitative estimate of drug-likeness (QED) is 0.406. The average Bonchev–Trinajstić information content (AvgIpc) is 3.56. The van der Waals surface area contributed by atoms with Gasteiger partial charge in [0.1, 0.15) is 11.9 Å². The first kappa shape index (κ1) is 29.9. The molecule has 2 heterocycles. The number of carbonyl (C=O) groups excluding carboxylic acids is 1. The van der Waals surface area contributed by atoms with E-state index in [-0.39, 0.29) is 44.3 Å². The Morgan fingerprint density at radius 1 is 1.07 bits per heavy atom. The van der Waals surface area contributed by atoms with Crippen LogP contribution in [0.5, 0.6) is 0 Å². The van der Waals surface area contributed by atoms with Crippen LogP contribution >= 0.6 is 0 Å². The predicted octanol–water partition coefficient (Wildman–Crippen LogP) is 5.29. The van der Waals surface area contributed by atoms with Crippen molar-refractivity contribution in [3.63, 3.8) is 0 Å². The van der Waals surface area contributed by atoms with Gasteiger partial charge in [-0.05, 0) is 50.5 Å². The SMILES string of the molecule is CC1(C)O[C@H]2[C@H](OCc3cccc(C(F)(F)F)c3)C[C@](OCc3ccccc3F)(C(=O)NC[C@H]3CCCO3)C[C@H]2O1. The summed E-state index contributed by atoms with van der Waals surface area (Å²) in [6.07, 6.45) is -4.70. The first-order chi connectivity index (χ1) is 19.4. The molecule has 5 rings (SSSR count). The van der Waals surface area contributed by atoms with Crippen LogP contribution in [0.3, 0.4) is 0 Å². The fourth-order valence-electron chi connectivity index (χ4n) is 5.75. The third-order valence-corrected chi connectivity index (χ3v) is 7.76. The highest BCUT2D eigenvalue weighted by Gasteiger charge is 2.58. The normalized spacial score (nSPS) is 29.3. The van der Waals surface area contributed by atoms with Gasteiger partial charge in [-0.25, -0.2) is 4.39 Å². The summed E-state index contributed by atoms with van der Waals surface area (Å²) >= 11 is 0. The van der Waals surface area contributed by atoms with Crippen LogP contribution in [0.15, 0.2) is 48.5 Å². The lowest BCUT2D eigenvalue weighted by Crippen LogP contribution is -2.60. The second-order valence-electron chi connectivity index (χ2n) is 11.3. The van der Waals surface area contributed by atoms with Crippen molar-refractivity contribution in [1.29, 1.82) is 0 Å². The zero-order valence-corrected chi connectivity index (χ0v) is 23.0. The second kappa shape index (κ2) is 12.0. The Morgan fingerprint density at radius 3 is 2.61 bits per heavy atom. The van der Waals surface area contributed by atoms with Gasteiger partial charge in [0.15, 0.2) is 11.4 Å². The molecule has 7 nitrogen and oxygen atoms in total. The van der Waals surface area contributed by atoms with E-state index in [2.05, 4.69) is 5.32 Å². The van der Waals surface area contributed by atoms with Crippen molar-refractivity contribution in [2.24, 2.45) is 0 Å². The van der Waals surface area contributed by atoms with Gasteiger partial charge >= 0.3 is 6.18 Å². The van der Waals surface area contributed by atoms with E-state index in [4.69, 9.17) is 23.7 Å². The first-order valence-corrected chi connectivity index (χ1v) is 13.8. The van der Waals surface area contributed by atoms with E-state index in [9.17, 15) is 22.4 Å². The summed E-state index contributed by atoms with van der Waals surface area (Å²) in [5, 5.41) is 2.95. The van der Waals surface area contributed by atoms with Crippen LogP contribution in [0, 0.1) is 5.82 Å². The molecule has 0 bridgehead atoms. The van der Waals surface area contributed by atoms with Gasteiger partial charge in [0.05, 0.1) is 37.1 Å². The minimum Gasteiger partial charge on any atom is -0.376 e. The summed E-state index contributed by atoms with van der Waals surface area (Å²) in [5.74, 6) is -1.86. The second-order valence-corrected chi connectivity index (χ2v) is 11.3. The van der Waals surface area contributed by atoms with E-state index >= 15 is 0 Å². The van der Waals surface area contributed by atoms with E-state index in [0.29, 0.717) is 12.2 Å². The molecule has 1 saturated carbocycles. The van der Waals surface area contributed by atoms with Crippen LogP contribution in [0.1, 0.15) is 56.2 Å². The third-order valence-electron chi connectivity index (χ3n) is 7.76. The average molecular weight is 582 g/mol. The van der Waals surface area contributed by atoms with Crippen molar-refractivity contribution in [3.05, 3.63) is 71.0 Å². The van der Waals surface area contributed by atoms with E-state index in [1.165, 1.54) is 12.1 Å². The van der Waals surface area contributed by atoms with Crippen molar-refractivity contribution in [3.8, 4) is 0 Å². The van der Waals surface area contributed by atoms with Crippen molar-refractivity contribution in [2.45, 2.75) is 94.7 Å². The van der Waals surface area contributed by atoms with Crippen LogP contribution in [-0.4, -0.2) is 54.9 Å². The molecule has 1 N–H and O–H groups in total. The van der Waals surface area contributed by atoms with E-state index in [1.54, 1.807) is 38.1 Å². The molecule has 2 aliphatic heterocycles. The summed E-state index contributed by atoms with van der Waals surface area (Å²) in [7, 11) is 0. The summed E-state index contributed by atoms with van der Waals surface area (Å²) < 4.78 is 84.7. The number of rotatable bonds is 9. The summed E-state index contributed by atoms with van der Waals surface area (Å²) in [4.78, 5) is 13.8. The van der Waals surface area contributed by atoms with Crippen LogP contribution in [-0.2, 0) is 47.9 Å². The number of hydrogen-bond acceptors (Lipinski definition) is 6. The molecule has 2 aromatic rings. The molecular formula is C30H35F4NO6. The lowest BCUT2D eigenvalue weighted by atomic mass is 9.78. The van der Waals surface area contributed by atoms with Gasteiger partial charge in [-0.2, -0.15) is 13.2 Å². The van der Waals surface area contributed by atoms with Gasteiger partial charge in [-0.1, -0.05) is 30.3 Å². The van der Waals surface area contributed by atoms with Crippen molar-refractivity contribution in [2.75, 3.05) is 13.2 Å². The largest absolute Gasteiger partial charge is 0.416 e. The number of ether oxygens (including phenoxy) is 5. The fourth-order valence-corrected chi connectivity index (χ4v) is 5.75. The highest BCUT2D eigenvalue weighted by atomic mass is 19.4. The summed E-state index contributed by atoms with van der Waals surface area (Å²) in [6.45, 7) is 4.08. The predicted molar refractivity (Wildman–Crippen MR) is 139 cm³/mol. The van der Waals surface area contributed by atoms with Gasteiger partial charge in [0.2, 0.25) is 0 Å². The maximum absolute atomic E-state index is 14.5. The molecule has 0 unspecified atom stereocenters. The highest BCUT2D eigenvalue weighted by Crippen LogP contribution is 2.44. The van der Waals surface area contributed by atoms with Crippen LogP contribution in [0.2, 0.25) is 0 Å². The minimum absolute atomic E-state index is 0.0262. The van der Waals surface area contributed by atoms with Crippen molar-refractivity contribution >= 4 is 5.91 Å². The topological polar surface area (TPSA) is 75.3 Å². The smallest absolute Gasteiger partial charge is 0.376 e. The molecule has 0 radical (unpaired) electrons. The van der Waals surface area contributed by atoms with Crippen LogP contribution in [0.25, 0.3) is 0 Å². The first-order valence-electron chi connectivity index (χ1n) is 13.8. The summed E-state index contributed by atoms with van der Waals surface area (Å²) in [6, 6.07) is 11.0. The molecule has 11 heteroatoms. The monoisotopic (exact) mass is 581 g/mol. The minimum atomic E-state index is -4.49. The fraction of sp³-hybridized carbons (Fsp3) is 0.567. The Morgan fingerprint density at radius 2 is 1.88 bits per heavy atom. The van der Waals surface area contributed by atoms with Gasteiger partial charge in [-0.3, -0.25) is 4.79 Å². The molecular weight excluding hydrogens is 546 g/mol. The van der Waals surface area contributed by atoms with Gasteiger partial charge < -0.3 is 29.0 Å². The number of fused-ring (bicyclic) bond motifs is 1. The van der Waals surface area contributed by atoms with Gasteiger partial charge in [0, 0.05) is 31.6 Å². The molecule has 3 fully saturated rings. The highest BCUT2D eigenvalue weighted by molar-refractivity contribution is 5.85. The van der Waals surface area contributed by atoms with E-state index < -0.39 is 53.2 Å². The Kier molecular flexibility index (Phi) is 8.73. The molecule has 1 amide bonds. The van der Waals surface area contributed by atoms with Crippen LogP contribution in [0.4, 0.5) is 17.6 Å². The number of benzene rings is 2. The molecule has 41 heavy (non-hydrogen) atoms. The maximum Gasteiger partial charge on any atom is 0.416 e. The van der Waals surface area contributed by atoms with Crippen molar-refractivity contribution < 1.29 is 46.0 Å². The molecule has 2 aromatic carbocycles. The number of alkyl halides is 3. The zero-order chi connectivity index (χ0) is 29.3. The van der Waals surface area contributed by atoms with Crippen LogP contribution < -0.4 is 5.32 Å². The molecule has 5 atom stereocenters. The number of hydrogen-bond donors (Lipinski definition) is 1. The number of amides is 1. The Bertz CT molecular complexity index is 1220. The Hall–Kier alpha value is -2.57. The molecule has 3 aliphatic rings. The third kappa shape index (κ3) is 7.09. The number of carbonyl (C=O) groups is 1. The Balaban J connectivity index is 1.40. The van der Waals surface area contributed by atoms with Gasteiger partial charge in [0.25, 0.3) is 5.91 Å². The number of nitrogens with one attached hydrogen (secondary N) is 1. The van der Waals surface area contributed by atoms with E-state index in [1.807, 2.05) is 0 Å². The van der Waals surface area contributed by atoms with Crippen molar-refractivity contribution in [1.82, 2.24) is 5.32 Å². The molecule has 1 aliphatic carbocycles. The summed E-state index contributed by atoms with van der Waals surface area (Å²) in [5.41, 5.74) is -1.66.